The predicted octanol–water partition coefficient (Wildman–Crippen LogP) is 2.25. The molecule has 1 fully saturated rings. The Kier molecular flexibility index (Phi) is 21.0. The van der Waals surface area contributed by atoms with Crippen molar-refractivity contribution in [1.82, 2.24) is 0 Å². The molecular weight excluding hydrogens is 418 g/mol. The van der Waals surface area contributed by atoms with Crippen LogP contribution in [0.5, 0.6) is 0 Å². The van der Waals surface area contributed by atoms with Crippen molar-refractivity contribution in [2.75, 3.05) is 13.2 Å². The molecule has 0 aromatic heterocycles. The maximum absolute atomic E-state index is 10.6. The van der Waals surface area contributed by atoms with E-state index in [2.05, 4.69) is 23.6 Å². The molecule has 0 saturated carbocycles. The van der Waals surface area contributed by atoms with Gasteiger partial charge in [0.1, 0.15) is 6.10 Å². The maximum atomic E-state index is 10.6. The van der Waals surface area contributed by atoms with Gasteiger partial charge in [0, 0.05) is 0 Å². The monoisotopic (exact) mass is 458 g/mol. The average molecular weight is 459 g/mol. The normalized spacial score (nSPS) is 21.3. The van der Waals surface area contributed by atoms with E-state index in [4.69, 9.17) is 14.4 Å². The third-order valence-corrected chi connectivity index (χ3v) is 5.41. The first-order valence-electron chi connectivity index (χ1n) is 11.1. The third kappa shape index (κ3) is 19.8. The van der Waals surface area contributed by atoms with Crippen molar-refractivity contribution < 1.29 is 79.7 Å². The Bertz CT molecular complexity index is 443. The van der Waals surface area contributed by atoms with E-state index in [0.29, 0.717) is 6.61 Å². The summed E-state index contributed by atoms with van der Waals surface area (Å²) in [5, 5.41) is 0. The third-order valence-electron chi connectivity index (χ3n) is 4.94. The number of unbranched alkanes of at least 4 members (excludes halogenated alkanes) is 11. The van der Waals surface area contributed by atoms with Crippen molar-refractivity contribution in [3.63, 3.8) is 0 Å². The molecule has 1 N–H and O–H groups in total. The quantitative estimate of drug-likeness (QED) is 0.147. The summed E-state index contributed by atoms with van der Waals surface area (Å²) >= 11 is 0. The number of allylic oxidation sites excluding steroid dienone is 2. The van der Waals surface area contributed by atoms with Crippen LogP contribution < -0.4 is 56.3 Å². The van der Waals surface area contributed by atoms with Crippen molar-refractivity contribution in [1.29, 1.82) is 0 Å². The molecule has 8 heteroatoms. The molecule has 6 nitrogen and oxygen atoms in total. The van der Waals surface area contributed by atoms with Gasteiger partial charge in [-0.2, -0.15) is 0 Å². The van der Waals surface area contributed by atoms with Gasteiger partial charge in [-0.1, -0.05) is 70.4 Å². The Hall–Kier alpha value is 1.41. The van der Waals surface area contributed by atoms with Crippen molar-refractivity contribution in [3.8, 4) is 0 Å². The summed E-state index contributed by atoms with van der Waals surface area (Å²) in [6, 6.07) is 0. The molecule has 1 saturated heterocycles. The zero-order valence-corrected chi connectivity index (χ0v) is 22.6. The summed E-state index contributed by atoms with van der Waals surface area (Å²) in [7, 11) is -4.68. The molecule has 1 aliphatic rings. The minimum Gasteiger partial charge on any atom is -0.756 e. The van der Waals surface area contributed by atoms with E-state index >= 15 is 0 Å². The van der Waals surface area contributed by atoms with Gasteiger partial charge in [-0.15, -0.1) is 0 Å². The second-order valence-electron chi connectivity index (χ2n) is 7.66. The minimum atomic E-state index is -4.68. The van der Waals surface area contributed by atoms with Crippen LogP contribution in [0.3, 0.4) is 0 Å². The predicted molar refractivity (Wildman–Crippen MR) is 110 cm³/mol. The van der Waals surface area contributed by atoms with Crippen LogP contribution in [0.15, 0.2) is 12.2 Å². The summed E-state index contributed by atoms with van der Waals surface area (Å²) in [6.45, 7) is 2.36. The fourth-order valence-electron chi connectivity index (χ4n) is 3.31. The molecule has 0 aromatic rings. The topological polar surface area (TPSA) is 88.1 Å². The van der Waals surface area contributed by atoms with Gasteiger partial charge in [0.2, 0.25) is 0 Å². The summed E-state index contributed by atoms with van der Waals surface area (Å²) in [5.41, 5.74) is 0. The van der Waals surface area contributed by atoms with Crippen LogP contribution in [0.2, 0.25) is 0 Å². The van der Waals surface area contributed by atoms with Crippen LogP contribution in [0, 0.1) is 0 Å². The van der Waals surface area contributed by atoms with Crippen molar-refractivity contribution in [2.45, 2.75) is 109 Å². The number of hydrogen-bond donors (Lipinski definition) is 1. The van der Waals surface area contributed by atoms with E-state index in [0.717, 1.165) is 19.3 Å². The molecule has 1 rings (SSSR count). The summed E-state index contributed by atoms with van der Waals surface area (Å²) in [5.74, 6) is 0. The fourth-order valence-corrected chi connectivity index (χ4v) is 3.66. The summed E-state index contributed by atoms with van der Waals surface area (Å²) in [6.07, 6.45) is 21.2. The number of phosphoric ester groups is 1. The average Bonchev–Trinajstić information content (AvgIpc) is 3.10. The molecule has 1 unspecified atom stereocenters. The van der Waals surface area contributed by atoms with Gasteiger partial charge in [0.25, 0.3) is 7.82 Å². The maximum Gasteiger partial charge on any atom is 1.00 e. The van der Waals surface area contributed by atoms with E-state index < -0.39 is 13.9 Å². The smallest absolute Gasteiger partial charge is 0.756 e. The Morgan fingerprint density at radius 3 is 2.14 bits per heavy atom. The van der Waals surface area contributed by atoms with Crippen LogP contribution in [-0.2, 0) is 18.6 Å². The van der Waals surface area contributed by atoms with Crippen molar-refractivity contribution in [2.24, 2.45) is 0 Å². The number of ether oxygens (including phenoxy) is 2. The van der Waals surface area contributed by atoms with Crippen LogP contribution in [0.25, 0.3) is 0 Å². The van der Waals surface area contributed by atoms with Gasteiger partial charge in [-0.25, -0.2) is 0 Å². The molecule has 3 atom stereocenters. The fraction of sp³-hybridized carbons (Fsp3) is 0.905. The molecule has 0 bridgehead atoms. The number of hydrogen-bond acceptors (Lipinski definition) is 5. The first kappa shape index (κ1) is 30.4. The minimum absolute atomic E-state index is 0. The molecule has 0 amide bonds. The van der Waals surface area contributed by atoms with E-state index in [1.807, 2.05) is 0 Å². The molecule has 0 radical (unpaired) electrons. The van der Waals surface area contributed by atoms with Gasteiger partial charge in [0.05, 0.1) is 13.2 Å². The second-order valence-corrected chi connectivity index (χ2v) is 8.85. The molecule has 0 aliphatic carbocycles. The Morgan fingerprint density at radius 2 is 1.55 bits per heavy atom. The van der Waals surface area contributed by atoms with Gasteiger partial charge >= 0.3 is 51.4 Å². The Labute approximate surface area is 220 Å². The molecule has 166 valence electrons. The van der Waals surface area contributed by atoms with Crippen molar-refractivity contribution >= 4 is 7.82 Å². The zero-order valence-electron chi connectivity index (χ0n) is 18.6. The number of rotatable bonds is 18. The number of phosphoric acid groups is 1. The first-order chi connectivity index (χ1) is 13.5. The van der Waals surface area contributed by atoms with Gasteiger partial charge in [-0.3, -0.25) is 4.57 Å². The van der Waals surface area contributed by atoms with E-state index in [1.54, 1.807) is 0 Å². The zero-order chi connectivity index (χ0) is 20.5. The molecule has 29 heavy (non-hydrogen) atoms. The van der Waals surface area contributed by atoms with Crippen LogP contribution >= 0.6 is 7.82 Å². The Morgan fingerprint density at radius 1 is 1.00 bits per heavy atom. The van der Waals surface area contributed by atoms with E-state index in [-0.39, 0.29) is 64.3 Å². The SMILES string of the molecule is CCCCCCCC/C=C\CCCCCCC[C@@H]1OC[C@@H](COP(=O)([O-])O)O1.[K+]. The Balaban J connectivity index is 0.00000784. The van der Waals surface area contributed by atoms with Gasteiger partial charge in [-0.05, 0) is 38.5 Å². The standard InChI is InChI=1S/C21H41O6P.K/c1-2-3-4-5-6-7-8-9-10-11-12-13-14-15-16-17-21-25-18-20(27-21)19-26-28(22,23)24;/h9-10,20-21H,2-8,11-19H2,1H3,(H2,22,23,24);/q;+1/p-1/b10-9-;/t20-,21+;/m0./s1. The van der Waals surface area contributed by atoms with Gasteiger partial charge in [0.15, 0.2) is 6.29 Å². The van der Waals surface area contributed by atoms with Crippen LogP contribution in [0.4, 0.5) is 0 Å². The molecule has 1 aliphatic heterocycles. The van der Waals surface area contributed by atoms with E-state index in [9.17, 15) is 9.46 Å². The molecule has 0 spiro atoms. The molecular formula is C21H40KO6P. The largest absolute Gasteiger partial charge is 1.00 e. The molecule has 1 heterocycles. The van der Waals surface area contributed by atoms with Gasteiger partial charge < -0.3 is 23.8 Å². The summed E-state index contributed by atoms with van der Waals surface area (Å²) < 4.78 is 25.9. The van der Waals surface area contributed by atoms with Crippen molar-refractivity contribution in [3.05, 3.63) is 12.2 Å². The van der Waals surface area contributed by atoms with Crippen LogP contribution in [-0.4, -0.2) is 30.5 Å². The first-order valence-corrected chi connectivity index (χ1v) is 12.6. The van der Waals surface area contributed by atoms with Crippen LogP contribution in [0.1, 0.15) is 96.8 Å². The van der Waals surface area contributed by atoms with E-state index in [1.165, 1.54) is 70.6 Å². The summed E-state index contributed by atoms with van der Waals surface area (Å²) in [4.78, 5) is 19.1. The molecule has 0 aromatic carbocycles. The second kappa shape index (κ2) is 20.0.